The molecule has 0 unspecified atom stereocenters. The molecule has 2 heterocycles. The fourth-order valence-electron chi connectivity index (χ4n) is 1.27. The third-order valence-electron chi connectivity index (χ3n) is 2.13. The Morgan fingerprint density at radius 2 is 2.29 bits per heavy atom. The molecule has 0 bridgehead atoms. The lowest BCUT2D eigenvalue weighted by Gasteiger charge is -2.00. The summed E-state index contributed by atoms with van der Waals surface area (Å²) in [6.45, 7) is 4.39. The van der Waals surface area contributed by atoms with E-state index in [1.807, 2.05) is 19.9 Å². The Hall–Kier alpha value is -1.78. The molecule has 14 heavy (non-hydrogen) atoms. The number of nitrogens with two attached hydrogens (primary N) is 1. The highest BCUT2D eigenvalue weighted by Gasteiger charge is 2.06. The highest BCUT2D eigenvalue weighted by Crippen LogP contribution is 2.11. The van der Waals surface area contributed by atoms with Crippen molar-refractivity contribution in [1.29, 1.82) is 0 Å². The van der Waals surface area contributed by atoms with E-state index in [9.17, 15) is 0 Å². The molecule has 2 aromatic rings. The third kappa shape index (κ3) is 1.48. The number of nitrogens with zero attached hydrogens (tertiary/aromatic N) is 3. The zero-order chi connectivity index (χ0) is 10.1. The van der Waals surface area contributed by atoms with Gasteiger partial charge < -0.3 is 10.3 Å². The predicted molar refractivity (Wildman–Crippen MR) is 51.7 cm³/mol. The summed E-state index contributed by atoms with van der Waals surface area (Å²) in [5, 5.41) is 8.01. The SMILES string of the molecule is Cc1cc(Cn2ncc(N)c2C)no1. The molecule has 2 N–H and O–H groups in total. The van der Waals surface area contributed by atoms with Crippen LogP contribution in [-0.2, 0) is 6.54 Å². The van der Waals surface area contributed by atoms with Crippen molar-refractivity contribution in [2.45, 2.75) is 20.4 Å². The lowest BCUT2D eigenvalue weighted by Crippen LogP contribution is -2.04. The summed E-state index contributed by atoms with van der Waals surface area (Å²) in [6.07, 6.45) is 1.64. The average Bonchev–Trinajstić information content (AvgIpc) is 2.67. The largest absolute Gasteiger partial charge is 0.396 e. The first-order chi connectivity index (χ1) is 6.66. The summed E-state index contributed by atoms with van der Waals surface area (Å²) in [7, 11) is 0. The quantitative estimate of drug-likeness (QED) is 0.774. The van der Waals surface area contributed by atoms with Crippen LogP contribution in [0.5, 0.6) is 0 Å². The first kappa shape index (κ1) is 8.80. The fourth-order valence-corrected chi connectivity index (χ4v) is 1.27. The summed E-state index contributed by atoms with van der Waals surface area (Å²) in [6, 6.07) is 1.89. The number of hydrogen-bond donors (Lipinski definition) is 1. The van der Waals surface area contributed by atoms with Crippen LogP contribution in [0.15, 0.2) is 16.8 Å². The van der Waals surface area contributed by atoms with Gasteiger partial charge in [-0.3, -0.25) is 4.68 Å². The van der Waals surface area contributed by atoms with Crippen LogP contribution < -0.4 is 5.73 Å². The van der Waals surface area contributed by atoms with E-state index < -0.39 is 0 Å². The summed E-state index contributed by atoms with van der Waals surface area (Å²) in [5.41, 5.74) is 8.18. The normalized spacial score (nSPS) is 10.7. The van der Waals surface area contributed by atoms with Gasteiger partial charge in [0.25, 0.3) is 0 Å². The second kappa shape index (κ2) is 3.17. The molecule has 5 nitrogen and oxygen atoms in total. The van der Waals surface area contributed by atoms with Crippen LogP contribution in [0.2, 0.25) is 0 Å². The third-order valence-corrected chi connectivity index (χ3v) is 2.13. The molecule has 0 aliphatic heterocycles. The standard InChI is InChI=1S/C9H12N4O/c1-6-3-8(12-14-6)5-13-7(2)9(10)4-11-13/h3-4H,5,10H2,1-2H3. The van der Waals surface area contributed by atoms with Gasteiger partial charge in [0, 0.05) is 6.07 Å². The Kier molecular flexibility index (Phi) is 1.99. The number of aryl methyl sites for hydroxylation is 1. The first-order valence-electron chi connectivity index (χ1n) is 4.37. The maximum Gasteiger partial charge on any atom is 0.133 e. The summed E-state index contributed by atoms with van der Waals surface area (Å²) >= 11 is 0. The Bertz CT molecular complexity index is 443. The van der Waals surface area contributed by atoms with Gasteiger partial charge in [0.05, 0.1) is 24.1 Å². The molecule has 0 radical (unpaired) electrons. The molecule has 0 aliphatic carbocycles. The molecular formula is C9H12N4O. The summed E-state index contributed by atoms with van der Waals surface area (Å²) in [5.74, 6) is 0.804. The highest BCUT2D eigenvalue weighted by molar-refractivity contribution is 5.39. The summed E-state index contributed by atoms with van der Waals surface area (Å²) in [4.78, 5) is 0. The Balaban J connectivity index is 2.22. The van der Waals surface area contributed by atoms with Crippen LogP contribution in [0.1, 0.15) is 17.1 Å². The van der Waals surface area contributed by atoms with Gasteiger partial charge in [-0.25, -0.2) is 0 Å². The van der Waals surface area contributed by atoms with Gasteiger partial charge in [-0.2, -0.15) is 5.10 Å². The Morgan fingerprint density at radius 1 is 1.50 bits per heavy atom. The molecule has 2 rings (SSSR count). The van der Waals surface area contributed by atoms with Crippen LogP contribution in [-0.4, -0.2) is 14.9 Å². The van der Waals surface area contributed by atoms with E-state index in [0.717, 1.165) is 17.1 Å². The Morgan fingerprint density at radius 3 is 2.79 bits per heavy atom. The van der Waals surface area contributed by atoms with Crippen molar-refractivity contribution in [2.75, 3.05) is 5.73 Å². The van der Waals surface area contributed by atoms with Crippen molar-refractivity contribution in [3.8, 4) is 0 Å². The van der Waals surface area contributed by atoms with Crippen molar-refractivity contribution in [1.82, 2.24) is 14.9 Å². The maximum atomic E-state index is 5.67. The van der Waals surface area contributed by atoms with Gasteiger partial charge in [-0.05, 0) is 13.8 Å². The van der Waals surface area contributed by atoms with Gasteiger partial charge in [0.1, 0.15) is 11.5 Å². The molecular weight excluding hydrogens is 180 g/mol. The van der Waals surface area contributed by atoms with E-state index in [1.165, 1.54) is 0 Å². The van der Waals surface area contributed by atoms with Crippen LogP contribution in [0, 0.1) is 13.8 Å². The summed E-state index contributed by atoms with van der Waals surface area (Å²) < 4.78 is 6.76. The highest BCUT2D eigenvalue weighted by atomic mass is 16.5. The molecule has 74 valence electrons. The first-order valence-corrected chi connectivity index (χ1v) is 4.37. The van der Waals surface area contributed by atoms with Crippen molar-refractivity contribution in [2.24, 2.45) is 0 Å². The smallest absolute Gasteiger partial charge is 0.133 e. The molecule has 0 amide bonds. The van der Waals surface area contributed by atoms with E-state index in [0.29, 0.717) is 12.2 Å². The van der Waals surface area contributed by atoms with Crippen molar-refractivity contribution in [3.05, 3.63) is 29.4 Å². The number of nitrogen functional groups attached to an aromatic ring is 1. The van der Waals surface area contributed by atoms with Crippen LogP contribution >= 0.6 is 0 Å². The monoisotopic (exact) mass is 192 g/mol. The van der Waals surface area contributed by atoms with Gasteiger partial charge in [0.15, 0.2) is 0 Å². The van der Waals surface area contributed by atoms with E-state index in [2.05, 4.69) is 10.3 Å². The number of anilines is 1. The predicted octanol–water partition coefficient (Wildman–Crippen LogP) is 1.12. The lowest BCUT2D eigenvalue weighted by molar-refractivity contribution is 0.387. The second-order valence-electron chi connectivity index (χ2n) is 3.27. The zero-order valence-electron chi connectivity index (χ0n) is 8.19. The van der Waals surface area contributed by atoms with Crippen molar-refractivity contribution in [3.63, 3.8) is 0 Å². The van der Waals surface area contributed by atoms with E-state index >= 15 is 0 Å². The topological polar surface area (TPSA) is 69.9 Å². The van der Waals surface area contributed by atoms with Crippen LogP contribution in [0.4, 0.5) is 5.69 Å². The number of aromatic nitrogens is 3. The minimum absolute atomic E-state index is 0.598. The molecule has 0 saturated carbocycles. The lowest BCUT2D eigenvalue weighted by atomic mass is 10.3. The second-order valence-corrected chi connectivity index (χ2v) is 3.27. The van der Waals surface area contributed by atoms with E-state index in [1.54, 1.807) is 10.9 Å². The van der Waals surface area contributed by atoms with Crippen molar-refractivity contribution >= 4 is 5.69 Å². The fraction of sp³-hybridized carbons (Fsp3) is 0.333. The molecule has 0 fully saturated rings. The molecule has 2 aromatic heterocycles. The molecule has 0 atom stereocenters. The van der Waals surface area contributed by atoms with Gasteiger partial charge in [0.2, 0.25) is 0 Å². The molecule has 5 heteroatoms. The zero-order valence-corrected chi connectivity index (χ0v) is 8.19. The minimum Gasteiger partial charge on any atom is -0.396 e. The molecule has 0 aromatic carbocycles. The minimum atomic E-state index is 0.598. The number of hydrogen-bond acceptors (Lipinski definition) is 4. The van der Waals surface area contributed by atoms with Crippen LogP contribution in [0.3, 0.4) is 0 Å². The Labute approximate surface area is 81.5 Å². The van der Waals surface area contributed by atoms with Crippen molar-refractivity contribution < 1.29 is 4.52 Å². The van der Waals surface area contributed by atoms with Gasteiger partial charge in [-0.15, -0.1) is 0 Å². The number of rotatable bonds is 2. The van der Waals surface area contributed by atoms with E-state index in [-0.39, 0.29) is 0 Å². The molecule has 0 spiro atoms. The van der Waals surface area contributed by atoms with Crippen LogP contribution in [0.25, 0.3) is 0 Å². The average molecular weight is 192 g/mol. The van der Waals surface area contributed by atoms with Gasteiger partial charge in [-0.1, -0.05) is 5.16 Å². The molecule has 0 saturated heterocycles. The maximum absolute atomic E-state index is 5.67. The molecule has 0 aliphatic rings. The van der Waals surface area contributed by atoms with E-state index in [4.69, 9.17) is 10.3 Å². The van der Waals surface area contributed by atoms with Gasteiger partial charge >= 0.3 is 0 Å².